The first-order valence-corrected chi connectivity index (χ1v) is 6.62. The molecule has 1 aromatic carbocycles. The van der Waals surface area contributed by atoms with Gasteiger partial charge >= 0.3 is 0 Å². The zero-order valence-electron chi connectivity index (χ0n) is 10.7. The Morgan fingerprint density at radius 2 is 2.33 bits per heavy atom. The minimum atomic E-state index is 0.334. The lowest BCUT2D eigenvalue weighted by Gasteiger charge is -2.36. The molecule has 0 aliphatic carbocycles. The molecule has 0 saturated carbocycles. The van der Waals surface area contributed by atoms with Crippen LogP contribution in [0, 0.1) is 0 Å². The predicted octanol–water partition coefficient (Wildman–Crippen LogP) is 2.08. The fraction of sp³-hybridized carbons (Fsp3) is 0.500. The monoisotopic (exact) mass is 245 g/mol. The Balaban J connectivity index is 1.73. The van der Waals surface area contributed by atoms with Crippen LogP contribution in [-0.4, -0.2) is 36.7 Å². The van der Waals surface area contributed by atoms with Crippen molar-refractivity contribution < 1.29 is 4.74 Å². The van der Waals surface area contributed by atoms with E-state index < -0.39 is 0 Å². The molecule has 4 heteroatoms. The largest absolute Gasteiger partial charge is 0.375 e. The van der Waals surface area contributed by atoms with Crippen LogP contribution in [0.25, 0.3) is 0 Å². The van der Waals surface area contributed by atoms with Crippen LogP contribution in [0.2, 0.25) is 0 Å². The molecule has 0 amide bonds. The maximum absolute atomic E-state index is 5.69. The third kappa shape index (κ3) is 2.20. The maximum atomic E-state index is 5.69. The number of aliphatic imine (C=N–C) groups is 1. The Bertz CT molecular complexity index is 458. The lowest BCUT2D eigenvalue weighted by atomic mass is 10.1. The topological polar surface area (TPSA) is 36.9 Å². The number of nitrogens with zero attached hydrogens (tertiary/aromatic N) is 2. The number of anilines is 1. The smallest absolute Gasteiger partial charge is 0.198 e. The number of guanidine groups is 1. The molecule has 3 rings (SSSR count). The number of benzene rings is 1. The summed E-state index contributed by atoms with van der Waals surface area (Å²) in [6.07, 6.45) is 1.39. The van der Waals surface area contributed by atoms with Crippen LogP contribution in [0.4, 0.5) is 5.69 Å². The van der Waals surface area contributed by atoms with Crippen molar-refractivity contribution in [1.29, 1.82) is 0 Å². The molecular weight excluding hydrogens is 226 g/mol. The van der Waals surface area contributed by atoms with Gasteiger partial charge < -0.3 is 15.0 Å². The number of rotatable bonds is 1. The van der Waals surface area contributed by atoms with E-state index in [4.69, 9.17) is 4.74 Å². The Hall–Kier alpha value is -1.55. The second-order valence-electron chi connectivity index (χ2n) is 4.77. The van der Waals surface area contributed by atoms with Gasteiger partial charge in [-0.2, -0.15) is 0 Å². The van der Waals surface area contributed by atoms with E-state index in [0.29, 0.717) is 6.10 Å². The van der Waals surface area contributed by atoms with Gasteiger partial charge in [-0.3, -0.25) is 0 Å². The molecule has 0 spiro atoms. The number of nitrogens with one attached hydrogen (secondary N) is 1. The number of hydrogen-bond acceptors (Lipinski definition) is 4. The van der Waals surface area contributed by atoms with Gasteiger partial charge in [-0.25, -0.2) is 4.99 Å². The summed E-state index contributed by atoms with van der Waals surface area (Å²) in [7, 11) is 0. The van der Waals surface area contributed by atoms with Gasteiger partial charge in [0.25, 0.3) is 0 Å². The molecular formula is C14H19N3O. The Morgan fingerprint density at radius 1 is 1.44 bits per heavy atom. The molecule has 0 radical (unpaired) electrons. The second-order valence-corrected chi connectivity index (χ2v) is 4.77. The minimum Gasteiger partial charge on any atom is -0.375 e. The van der Waals surface area contributed by atoms with Crippen molar-refractivity contribution in [3.63, 3.8) is 0 Å². The third-order valence-corrected chi connectivity index (χ3v) is 3.56. The summed E-state index contributed by atoms with van der Waals surface area (Å²) in [5.74, 6) is 0.996. The number of hydrogen-bond donors (Lipinski definition) is 1. The first kappa shape index (κ1) is 11.5. The first-order valence-electron chi connectivity index (χ1n) is 6.62. The van der Waals surface area contributed by atoms with Crippen molar-refractivity contribution in [2.75, 3.05) is 25.0 Å². The van der Waals surface area contributed by atoms with Crippen LogP contribution >= 0.6 is 0 Å². The first-order chi connectivity index (χ1) is 8.86. The van der Waals surface area contributed by atoms with Crippen molar-refractivity contribution in [1.82, 2.24) is 4.90 Å². The van der Waals surface area contributed by atoms with Crippen molar-refractivity contribution >= 4 is 11.6 Å². The average molecular weight is 245 g/mol. The van der Waals surface area contributed by atoms with E-state index in [-0.39, 0.29) is 0 Å². The number of para-hydroxylation sites is 1. The number of ether oxygens (including phenoxy) is 1. The van der Waals surface area contributed by atoms with Crippen LogP contribution in [0.1, 0.15) is 18.9 Å². The summed E-state index contributed by atoms with van der Waals surface area (Å²) in [5, 5.41) is 3.43. The highest BCUT2D eigenvalue weighted by Crippen LogP contribution is 2.21. The van der Waals surface area contributed by atoms with Crippen molar-refractivity contribution in [2.45, 2.75) is 26.0 Å². The molecule has 1 N–H and O–H groups in total. The van der Waals surface area contributed by atoms with Crippen molar-refractivity contribution in [3.05, 3.63) is 29.8 Å². The maximum Gasteiger partial charge on any atom is 0.198 e. The fourth-order valence-electron chi connectivity index (χ4n) is 2.44. The quantitative estimate of drug-likeness (QED) is 0.823. The van der Waals surface area contributed by atoms with Crippen LogP contribution in [-0.2, 0) is 11.3 Å². The van der Waals surface area contributed by atoms with Gasteiger partial charge in [0.05, 0.1) is 19.3 Å². The van der Waals surface area contributed by atoms with Gasteiger partial charge in [0, 0.05) is 18.8 Å². The molecule has 1 unspecified atom stereocenters. The van der Waals surface area contributed by atoms with E-state index in [1.807, 2.05) is 0 Å². The van der Waals surface area contributed by atoms with Crippen LogP contribution in [0.15, 0.2) is 29.3 Å². The molecule has 18 heavy (non-hydrogen) atoms. The Morgan fingerprint density at radius 3 is 3.22 bits per heavy atom. The number of morpholine rings is 1. The summed E-state index contributed by atoms with van der Waals surface area (Å²) >= 11 is 0. The summed E-state index contributed by atoms with van der Waals surface area (Å²) in [6, 6.07) is 8.35. The van der Waals surface area contributed by atoms with E-state index in [1.165, 1.54) is 11.3 Å². The van der Waals surface area contributed by atoms with E-state index in [9.17, 15) is 0 Å². The molecule has 2 aliphatic heterocycles. The minimum absolute atomic E-state index is 0.334. The molecule has 4 nitrogen and oxygen atoms in total. The molecule has 1 saturated heterocycles. The van der Waals surface area contributed by atoms with E-state index in [2.05, 4.69) is 46.4 Å². The fourth-order valence-corrected chi connectivity index (χ4v) is 2.44. The normalized spacial score (nSPS) is 23.1. The summed E-state index contributed by atoms with van der Waals surface area (Å²) < 4.78 is 5.69. The van der Waals surface area contributed by atoms with E-state index in [0.717, 1.165) is 38.6 Å². The molecule has 96 valence electrons. The highest BCUT2D eigenvalue weighted by Gasteiger charge is 2.23. The van der Waals surface area contributed by atoms with Crippen molar-refractivity contribution in [2.24, 2.45) is 4.99 Å². The van der Waals surface area contributed by atoms with E-state index >= 15 is 0 Å². The van der Waals surface area contributed by atoms with Crippen molar-refractivity contribution in [3.8, 4) is 0 Å². The summed E-state index contributed by atoms with van der Waals surface area (Å²) in [4.78, 5) is 6.94. The second kappa shape index (κ2) is 4.98. The zero-order valence-corrected chi connectivity index (χ0v) is 10.7. The third-order valence-electron chi connectivity index (χ3n) is 3.56. The van der Waals surface area contributed by atoms with E-state index in [1.54, 1.807) is 0 Å². The van der Waals surface area contributed by atoms with Gasteiger partial charge in [0.15, 0.2) is 5.96 Å². The SMILES string of the molecule is CCC1CN(C2=NCc3ccccc3N2)CCO1. The zero-order chi connectivity index (χ0) is 12.4. The lowest BCUT2D eigenvalue weighted by molar-refractivity contribution is -0.00713. The highest BCUT2D eigenvalue weighted by molar-refractivity contribution is 5.95. The molecule has 0 aromatic heterocycles. The van der Waals surface area contributed by atoms with Gasteiger partial charge in [-0.15, -0.1) is 0 Å². The molecule has 1 aromatic rings. The lowest BCUT2D eigenvalue weighted by Crippen LogP contribution is -2.48. The highest BCUT2D eigenvalue weighted by atomic mass is 16.5. The molecule has 1 atom stereocenters. The summed E-state index contributed by atoms with van der Waals surface area (Å²) in [5.41, 5.74) is 2.45. The van der Waals surface area contributed by atoms with Crippen LogP contribution in [0.3, 0.4) is 0 Å². The van der Waals surface area contributed by atoms with Gasteiger partial charge in [-0.05, 0) is 18.1 Å². The predicted molar refractivity (Wildman–Crippen MR) is 72.8 cm³/mol. The average Bonchev–Trinajstić information content (AvgIpc) is 2.47. The molecule has 2 aliphatic rings. The Kier molecular flexibility index (Phi) is 3.19. The molecule has 2 heterocycles. The number of fused-ring (bicyclic) bond motifs is 1. The van der Waals surface area contributed by atoms with Gasteiger partial charge in [0.1, 0.15) is 0 Å². The van der Waals surface area contributed by atoms with Crippen LogP contribution in [0.5, 0.6) is 0 Å². The Labute approximate surface area is 108 Å². The standard InChI is InChI=1S/C14H19N3O/c1-2-12-10-17(7-8-18-12)14-15-9-11-5-3-4-6-13(11)16-14/h3-6,12H,2,7-10H2,1H3,(H,15,16). The van der Waals surface area contributed by atoms with Gasteiger partial charge in [0.2, 0.25) is 0 Å². The van der Waals surface area contributed by atoms with Gasteiger partial charge in [-0.1, -0.05) is 25.1 Å². The summed E-state index contributed by atoms with van der Waals surface area (Å²) in [6.45, 7) is 5.59. The molecule has 0 bridgehead atoms. The molecule has 1 fully saturated rings. The van der Waals surface area contributed by atoms with Crippen LogP contribution < -0.4 is 5.32 Å².